The summed E-state index contributed by atoms with van der Waals surface area (Å²) in [4.78, 5) is 26.2. The number of furan rings is 1. The van der Waals surface area contributed by atoms with Gasteiger partial charge in [0.05, 0.1) is 16.4 Å². The molecule has 2 aromatic rings. The van der Waals surface area contributed by atoms with E-state index in [1.54, 1.807) is 18.2 Å². The summed E-state index contributed by atoms with van der Waals surface area (Å²) in [6, 6.07) is 7.62. The lowest BCUT2D eigenvalue weighted by Crippen LogP contribution is -2.42. The maximum atomic E-state index is 13.0. The fourth-order valence-corrected chi connectivity index (χ4v) is 5.34. The van der Waals surface area contributed by atoms with Crippen molar-refractivity contribution in [2.45, 2.75) is 37.9 Å². The van der Waals surface area contributed by atoms with E-state index in [2.05, 4.69) is 0 Å². The maximum Gasteiger partial charge on any atom is 0.416 e. The number of nitrogens with zero attached hydrogens (tertiary/aromatic N) is 1. The van der Waals surface area contributed by atoms with Crippen LogP contribution in [0.25, 0.3) is 17.4 Å². The van der Waals surface area contributed by atoms with Gasteiger partial charge in [-0.25, -0.2) is 0 Å². The van der Waals surface area contributed by atoms with Crippen LogP contribution < -0.4 is 0 Å². The van der Waals surface area contributed by atoms with Crippen molar-refractivity contribution in [1.29, 1.82) is 0 Å². The number of carboxylic acids is 1. The molecule has 1 saturated heterocycles. The molecule has 2 atom stereocenters. The van der Waals surface area contributed by atoms with Gasteiger partial charge >= 0.3 is 12.1 Å². The Bertz CT molecular complexity index is 1090. The zero-order valence-corrected chi connectivity index (χ0v) is 18.2. The van der Waals surface area contributed by atoms with Crippen LogP contribution in [-0.4, -0.2) is 32.2 Å². The number of carboxylic acid groups (broad SMARTS) is 1. The molecule has 0 radical (unpaired) electrons. The highest BCUT2D eigenvalue weighted by Crippen LogP contribution is 2.39. The van der Waals surface area contributed by atoms with E-state index in [1.807, 2.05) is 0 Å². The second-order valence-corrected chi connectivity index (χ2v) is 9.36. The van der Waals surface area contributed by atoms with Gasteiger partial charge in [-0.3, -0.25) is 14.5 Å². The van der Waals surface area contributed by atoms with E-state index in [0.717, 1.165) is 23.9 Å². The normalized spacial score (nSPS) is 23.2. The Labute approximate surface area is 191 Å². The van der Waals surface area contributed by atoms with E-state index in [-0.39, 0.29) is 11.9 Å². The number of hydrogen-bond acceptors (Lipinski definition) is 5. The van der Waals surface area contributed by atoms with Gasteiger partial charge < -0.3 is 9.52 Å². The summed E-state index contributed by atoms with van der Waals surface area (Å²) in [5.74, 6) is -0.895. The minimum Gasteiger partial charge on any atom is -0.481 e. The molecule has 10 heteroatoms. The van der Waals surface area contributed by atoms with Crippen LogP contribution >= 0.6 is 24.0 Å². The number of alkyl halides is 3. The van der Waals surface area contributed by atoms with Gasteiger partial charge in [0.2, 0.25) is 0 Å². The lowest BCUT2D eigenvalue weighted by molar-refractivity contribution is -0.144. The number of hydrogen-bond donors (Lipinski definition) is 1. The lowest BCUT2D eigenvalue weighted by Gasteiger charge is -2.32. The highest BCUT2D eigenvalue weighted by Gasteiger charge is 2.40. The van der Waals surface area contributed by atoms with E-state index in [1.165, 1.54) is 17.0 Å². The number of thiocarbonyl (C=S) groups is 1. The Kier molecular flexibility index (Phi) is 6.17. The first-order valence-corrected chi connectivity index (χ1v) is 11.1. The standard InChI is InChI=1S/C22H18F3NO4S2/c23-22(24,25)14-6-4-12(5-7-14)17-9-8-16(30-17)11-18-19(27)26(21(31)32-18)15-3-1-2-13(10-15)20(28)29/h4-9,11,13,15H,1-3,10H2,(H,28,29)/b18-11+. The Morgan fingerprint density at radius 2 is 1.91 bits per heavy atom. The number of carbonyl (C=O) groups is 2. The summed E-state index contributed by atoms with van der Waals surface area (Å²) in [5, 5.41) is 9.31. The fraction of sp³-hybridized carbons (Fsp3) is 0.318. The van der Waals surface area contributed by atoms with Crippen molar-refractivity contribution in [3.63, 3.8) is 0 Å². The molecular weight excluding hydrogens is 463 g/mol. The second kappa shape index (κ2) is 8.74. The van der Waals surface area contributed by atoms with Crippen molar-refractivity contribution in [2.24, 2.45) is 5.92 Å². The third kappa shape index (κ3) is 4.61. The third-order valence-corrected chi connectivity index (χ3v) is 6.91. The van der Waals surface area contributed by atoms with E-state index in [9.17, 15) is 27.9 Å². The van der Waals surface area contributed by atoms with Gasteiger partial charge in [0.15, 0.2) is 0 Å². The van der Waals surface area contributed by atoms with Crippen molar-refractivity contribution in [3.8, 4) is 11.3 Å². The molecule has 2 heterocycles. The molecule has 1 aliphatic carbocycles. The van der Waals surface area contributed by atoms with Crippen LogP contribution in [0.5, 0.6) is 0 Å². The van der Waals surface area contributed by atoms with Crippen LogP contribution in [0.2, 0.25) is 0 Å². The smallest absolute Gasteiger partial charge is 0.416 e. The molecule has 5 nitrogen and oxygen atoms in total. The van der Waals surface area contributed by atoms with Crippen molar-refractivity contribution in [3.05, 3.63) is 52.6 Å². The first kappa shape index (κ1) is 22.6. The highest BCUT2D eigenvalue weighted by atomic mass is 32.2. The minimum atomic E-state index is -4.41. The Hall–Kier alpha value is -2.59. The molecule has 2 unspecified atom stereocenters. The van der Waals surface area contributed by atoms with Crippen molar-refractivity contribution in [1.82, 2.24) is 4.90 Å². The second-order valence-electron chi connectivity index (χ2n) is 7.68. The average molecular weight is 482 g/mol. The first-order valence-electron chi connectivity index (χ1n) is 9.91. The van der Waals surface area contributed by atoms with Crippen LogP contribution in [0, 0.1) is 5.92 Å². The summed E-state index contributed by atoms with van der Waals surface area (Å²) in [5.41, 5.74) is -0.267. The Balaban J connectivity index is 1.50. The van der Waals surface area contributed by atoms with Crippen LogP contribution in [-0.2, 0) is 15.8 Å². The molecule has 4 rings (SSSR count). The maximum absolute atomic E-state index is 13.0. The molecule has 1 N–H and O–H groups in total. The first-order chi connectivity index (χ1) is 15.1. The molecule has 1 saturated carbocycles. The van der Waals surface area contributed by atoms with E-state index >= 15 is 0 Å². The summed E-state index contributed by atoms with van der Waals surface area (Å²) in [6.45, 7) is 0. The molecule has 32 heavy (non-hydrogen) atoms. The summed E-state index contributed by atoms with van der Waals surface area (Å²) >= 11 is 6.50. The molecule has 168 valence electrons. The number of aliphatic carboxylic acids is 1. The van der Waals surface area contributed by atoms with Crippen LogP contribution in [0.4, 0.5) is 13.2 Å². The van der Waals surface area contributed by atoms with Crippen LogP contribution in [0.1, 0.15) is 37.0 Å². The molecule has 1 aromatic carbocycles. The van der Waals surface area contributed by atoms with E-state index in [4.69, 9.17) is 16.6 Å². The van der Waals surface area contributed by atoms with Gasteiger partial charge in [-0.1, -0.05) is 42.5 Å². The predicted molar refractivity (Wildman–Crippen MR) is 118 cm³/mol. The Morgan fingerprint density at radius 1 is 1.19 bits per heavy atom. The zero-order valence-electron chi connectivity index (χ0n) is 16.6. The fourth-order valence-electron chi connectivity index (χ4n) is 3.96. The molecule has 1 aromatic heterocycles. The number of halogens is 3. The van der Waals surface area contributed by atoms with Gasteiger partial charge in [0, 0.05) is 17.7 Å². The summed E-state index contributed by atoms with van der Waals surface area (Å²) < 4.78 is 44.3. The van der Waals surface area contributed by atoms with Crippen molar-refractivity contribution in [2.75, 3.05) is 0 Å². The molecule has 0 bridgehead atoms. The number of benzene rings is 1. The topological polar surface area (TPSA) is 70.8 Å². The summed E-state index contributed by atoms with van der Waals surface area (Å²) in [6.07, 6.45) is -0.493. The number of rotatable bonds is 4. The number of thioether (sulfide) groups is 1. The van der Waals surface area contributed by atoms with Gasteiger partial charge in [0.1, 0.15) is 15.8 Å². The van der Waals surface area contributed by atoms with Gasteiger partial charge in [0.25, 0.3) is 5.91 Å². The van der Waals surface area contributed by atoms with E-state index < -0.39 is 23.6 Å². The molecule has 2 aliphatic rings. The highest BCUT2D eigenvalue weighted by molar-refractivity contribution is 8.26. The predicted octanol–water partition coefficient (Wildman–Crippen LogP) is 5.81. The number of amides is 1. The Morgan fingerprint density at radius 3 is 2.56 bits per heavy atom. The summed E-state index contributed by atoms with van der Waals surface area (Å²) in [7, 11) is 0. The van der Waals surface area contributed by atoms with Crippen molar-refractivity contribution >= 4 is 46.3 Å². The van der Waals surface area contributed by atoms with Crippen LogP contribution in [0.3, 0.4) is 0 Å². The minimum absolute atomic E-state index is 0.248. The number of carbonyl (C=O) groups excluding carboxylic acids is 1. The molecular formula is C22H18F3NO4S2. The van der Waals surface area contributed by atoms with E-state index in [0.29, 0.717) is 52.0 Å². The lowest BCUT2D eigenvalue weighted by atomic mass is 9.85. The third-order valence-electron chi connectivity index (χ3n) is 5.58. The zero-order chi connectivity index (χ0) is 23.0. The van der Waals surface area contributed by atoms with Crippen molar-refractivity contribution < 1.29 is 32.3 Å². The van der Waals surface area contributed by atoms with Gasteiger partial charge in [-0.15, -0.1) is 0 Å². The largest absolute Gasteiger partial charge is 0.481 e. The molecule has 2 fully saturated rings. The molecule has 1 amide bonds. The SMILES string of the molecule is O=C(O)C1CCCC(N2C(=O)/C(=C\c3ccc(-c4ccc(C(F)(F)F)cc4)o3)SC2=S)C1. The monoisotopic (exact) mass is 481 g/mol. The molecule has 0 spiro atoms. The molecule has 1 aliphatic heterocycles. The van der Waals surface area contributed by atoms with Crippen LogP contribution in [0.15, 0.2) is 45.7 Å². The van der Waals surface area contributed by atoms with Gasteiger partial charge in [-0.05, 0) is 43.5 Å². The average Bonchev–Trinajstić information content (AvgIpc) is 3.32. The van der Waals surface area contributed by atoms with Gasteiger partial charge in [-0.2, -0.15) is 13.2 Å². The quantitative estimate of drug-likeness (QED) is 0.439.